The number of hydrogen-bond acceptors (Lipinski definition) is 4. The molecule has 0 spiro atoms. The van der Waals surface area contributed by atoms with Gasteiger partial charge in [-0.2, -0.15) is 0 Å². The lowest BCUT2D eigenvalue weighted by molar-refractivity contribution is 0.0950. The molecule has 0 aliphatic carbocycles. The Bertz CT molecular complexity index is 501. The fraction of sp³-hybridized carbons (Fsp3) is 0.462. The molecule has 6 heteroatoms. The molecular weight excluding hydrogens is 268 g/mol. The molecule has 0 radical (unpaired) electrons. The van der Waals surface area contributed by atoms with E-state index in [0.717, 1.165) is 19.4 Å². The van der Waals surface area contributed by atoms with Gasteiger partial charge >= 0.3 is 0 Å². The Morgan fingerprint density at radius 3 is 3.16 bits per heavy atom. The highest BCUT2D eigenvalue weighted by Gasteiger charge is 2.21. The number of carbonyl (C=O) groups excluding carboxylic acids is 1. The first-order valence-corrected chi connectivity index (χ1v) is 6.72. The second-order valence-electron chi connectivity index (χ2n) is 4.70. The predicted octanol–water partition coefficient (Wildman–Crippen LogP) is 1.55. The molecule has 1 saturated heterocycles. The van der Waals surface area contributed by atoms with Crippen LogP contribution in [0, 0.1) is 0 Å². The molecule has 1 atom stereocenters. The van der Waals surface area contributed by atoms with Crippen molar-refractivity contribution in [2.75, 3.05) is 19.9 Å². The highest BCUT2D eigenvalue weighted by Crippen LogP contribution is 2.39. The van der Waals surface area contributed by atoms with Crippen LogP contribution in [0.15, 0.2) is 12.1 Å². The summed E-state index contributed by atoms with van der Waals surface area (Å²) in [6.45, 7) is 1.80. The Balaban J connectivity index is 1.67. The minimum absolute atomic E-state index is 0.145. The molecule has 1 unspecified atom stereocenters. The third kappa shape index (κ3) is 2.62. The van der Waals surface area contributed by atoms with E-state index in [0.29, 0.717) is 34.7 Å². The van der Waals surface area contributed by atoms with Crippen molar-refractivity contribution in [1.82, 2.24) is 10.6 Å². The molecule has 1 fully saturated rings. The van der Waals surface area contributed by atoms with Crippen molar-refractivity contribution < 1.29 is 14.3 Å². The van der Waals surface area contributed by atoms with Gasteiger partial charge in [0.05, 0.1) is 5.02 Å². The van der Waals surface area contributed by atoms with E-state index in [1.54, 1.807) is 12.1 Å². The summed E-state index contributed by atoms with van der Waals surface area (Å²) in [4.78, 5) is 12.1. The van der Waals surface area contributed by atoms with E-state index in [1.807, 2.05) is 0 Å². The van der Waals surface area contributed by atoms with Crippen molar-refractivity contribution in [3.63, 3.8) is 0 Å². The summed E-state index contributed by atoms with van der Waals surface area (Å²) in [6.07, 6.45) is 2.26. The van der Waals surface area contributed by atoms with Crippen LogP contribution in [0.1, 0.15) is 23.2 Å². The normalized spacial score (nSPS) is 20.6. The van der Waals surface area contributed by atoms with Gasteiger partial charge in [-0.15, -0.1) is 0 Å². The fourth-order valence-electron chi connectivity index (χ4n) is 2.35. The van der Waals surface area contributed by atoms with E-state index >= 15 is 0 Å². The number of ether oxygens (including phenoxy) is 2. The van der Waals surface area contributed by atoms with Crippen molar-refractivity contribution in [3.8, 4) is 11.5 Å². The summed E-state index contributed by atoms with van der Waals surface area (Å²) < 4.78 is 10.5. The van der Waals surface area contributed by atoms with Crippen LogP contribution in [0.5, 0.6) is 11.5 Å². The second-order valence-corrected chi connectivity index (χ2v) is 5.10. The molecule has 2 aliphatic rings. The minimum atomic E-state index is -0.145. The number of nitrogens with one attached hydrogen (secondary N) is 2. The van der Waals surface area contributed by atoms with Crippen LogP contribution in [-0.2, 0) is 0 Å². The van der Waals surface area contributed by atoms with Crippen LogP contribution in [0.4, 0.5) is 0 Å². The zero-order chi connectivity index (χ0) is 13.2. The Hall–Kier alpha value is -1.46. The van der Waals surface area contributed by atoms with Gasteiger partial charge in [0.2, 0.25) is 6.79 Å². The number of hydrogen-bond donors (Lipinski definition) is 2. The molecule has 102 valence electrons. The average molecular weight is 283 g/mol. The third-order valence-electron chi connectivity index (χ3n) is 3.36. The van der Waals surface area contributed by atoms with Gasteiger partial charge in [-0.1, -0.05) is 11.6 Å². The summed E-state index contributed by atoms with van der Waals surface area (Å²) in [5.41, 5.74) is 0.493. The lowest BCUT2D eigenvalue weighted by Gasteiger charge is -2.12. The van der Waals surface area contributed by atoms with Gasteiger partial charge < -0.3 is 20.1 Å². The predicted molar refractivity (Wildman–Crippen MR) is 70.9 cm³/mol. The summed E-state index contributed by atoms with van der Waals surface area (Å²) >= 11 is 6.05. The molecule has 5 nitrogen and oxygen atoms in total. The van der Waals surface area contributed by atoms with Crippen molar-refractivity contribution in [1.29, 1.82) is 0 Å². The number of halogens is 1. The highest BCUT2D eigenvalue weighted by atomic mass is 35.5. The Labute approximate surface area is 116 Å². The first kappa shape index (κ1) is 12.6. The van der Waals surface area contributed by atoms with E-state index in [2.05, 4.69) is 10.6 Å². The van der Waals surface area contributed by atoms with Gasteiger partial charge in [-0.05, 0) is 31.5 Å². The molecule has 2 N–H and O–H groups in total. The zero-order valence-corrected chi connectivity index (χ0v) is 11.1. The lowest BCUT2D eigenvalue weighted by Crippen LogP contribution is -2.37. The van der Waals surface area contributed by atoms with Crippen LogP contribution in [0.25, 0.3) is 0 Å². The van der Waals surface area contributed by atoms with E-state index in [9.17, 15) is 4.79 Å². The molecule has 1 aromatic rings. The van der Waals surface area contributed by atoms with E-state index in [-0.39, 0.29) is 12.7 Å². The van der Waals surface area contributed by atoms with Crippen molar-refractivity contribution >= 4 is 17.5 Å². The first-order valence-electron chi connectivity index (χ1n) is 6.35. The van der Waals surface area contributed by atoms with Gasteiger partial charge in [-0.3, -0.25) is 4.79 Å². The molecule has 0 bridgehead atoms. The molecule has 1 amide bonds. The highest BCUT2D eigenvalue weighted by molar-refractivity contribution is 6.32. The quantitative estimate of drug-likeness (QED) is 0.883. The zero-order valence-electron chi connectivity index (χ0n) is 10.4. The van der Waals surface area contributed by atoms with Gasteiger partial charge in [0.15, 0.2) is 11.5 Å². The van der Waals surface area contributed by atoms with Crippen LogP contribution < -0.4 is 20.1 Å². The lowest BCUT2D eigenvalue weighted by atomic mass is 10.1. The summed E-state index contributed by atoms with van der Waals surface area (Å²) in [5, 5.41) is 6.64. The van der Waals surface area contributed by atoms with Crippen LogP contribution >= 0.6 is 11.6 Å². The standard InChI is InChI=1S/C13H15ClN2O3/c14-10-4-8(5-11-12(10)19-7-18-11)13(17)16-6-9-2-1-3-15-9/h4-5,9,15H,1-3,6-7H2,(H,16,17). The maximum absolute atomic E-state index is 12.1. The van der Waals surface area contributed by atoms with Gasteiger partial charge in [0.1, 0.15) is 0 Å². The maximum Gasteiger partial charge on any atom is 0.251 e. The molecule has 19 heavy (non-hydrogen) atoms. The topological polar surface area (TPSA) is 59.6 Å². The second kappa shape index (κ2) is 5.27. The molecule has 1 aromatic carbocycles. The van der Waals surface area contributed by atoms with Gasteiger partial charge in [0, 0.05) is 18.2 Å². The molecule has 0 saturated carbocycles. The number of rotatable bonds is 3. The average Bonchev–Trinajstić information content (AvgIpc) is 3.06. The molecule has 2 aliphatic heterocycles. The Morgan fingerprint density at radius 2 is 2.37 bits per heavy atom. The first-order chi connectivity index (χ1) is 9.24. The Morgan fingerprint density at radius 1 is 1.47 bits per heavy atom. The largest absolute Gasteiger partial charge is 0.454 e. The fourth-order valence-corrected chi connectivity index (χ4v) is 2.61. The van der Waals surface area contributed by atoms with Crippen LogP contribution in [-0.4, -0.2) is 31.8 Å². The number of fused-ring (bicyclic) bond motifs is 1. The number of benzene rings is 1. The van der Waals surface area contributed by atoms with Gasteiger partial charge in [0.25, 0.3) is 5.91 Å². The SMILES string of the molecule is O=C(NCC1CCCN1)c1cc(Cl)c2c(c1)OCO2. The van der Waals surface area contributed by atoms with Crippen molar-refractivity contribution in [2.24, 2.45) is 0 Å². The van der Waals surface area contributed by atoms with E-state index < -0.39 is 0 Å². The summed E-state index contributed by atoms with van der Waals surface area (Å²) in [7, 11) is 0. The molecule has 0 aromatic heterocycles. The number of amides is 1. The molecule has 2 heterocycles. The monoisotopic (exact) mass is 282 g/mol. The summed E-state index contributed by atoms with van der Waals surface area (Å²) in [6, 6.07) is 3.63. The van der Waals surface area contributed by atoms with E-state index in [1.165, 1.54) is 0 Å². The smallest absolute Gasteiger partial charge is 0.251 e. The third-order valence-corrected chi connectivity index (χ3v) is 3.64. The van der Waals surface area contributed by atoms with Gasteiger partial charge in [-0.25, -0.2) is 0 Å². The summed E-state index contributed by atoms with van der Waals surface area (Å²) in [5.74, 6) is 0.890. The molecule has 3 rings (SSSR count). The van der Waals surface area contributed by atoms with E-state index in [4.69, 9.17) is 21.1 Å². The Kier molecular flexibility index (Phi) is 3.48. The van der Waals surface area contributed by atoms with Crippen LogP contribution in [0.3, 0.4) is 0 Å². The number of carbonyl (C=O) groups is 1. The molecular formula is C13H15ClN2O3. The minimum Gasteiger partial charge on any atom is -0.454 e. The van der Waals surface area contributed by atoms with Crippen LogP contribution in [0.2, 0.25) is 5.02 Å². The van der Waals surface area contributed by atoms with Crippen molar-refractivity contribution in [2.45, 2.75) is 18.9 Å². The maximum atomic E-state index is 12.1. The van der Waals surface area contributed by atoms with Crippen molar-refractivity contribution in [3.05, 3.63) is 22.7 Å².